The van der Waals surface area contributed by atoms with Crippen molar-refractivity contribution in [2.24, 2.45) is 0 Å². The van der Waals surface area contributed by atoms with Gasteiger partial charge in [0.05, 0.1) is 19.2 Å². The first-order valence-corrected chi connectivity index (χ1v) is 7.63. The number of nitrogens with zero attached hydrogens (tertiary/aromatic N) is 1. The highest BCUT2D eigenvalue weighted by Gasteiger charge is 2.14. The van der Waals surface area contributed by atoms with Gasteiger partial charge in [-0.25, -0.2) is 0 Å². The number of carbonyl (C=O) groups is 1. The van der Waals surface area contributed by atoms with E-state index in [2.05, 4.69) is 26.1 Å². The maximum Gasteiger partial charge on any atom is 0.252 e. The molecule has 5 nitrogen and oxygen atoms in total. The second-order valence-electron chi connectivity index (χ2n) is 6.26. The Morgan fingerprint density at radius 3 is 2.35 bits per heavy atom. The zero-order valence-electron chi connectivity index (χ0n) is 14.1. The van der Waals surface area contributed by atoms with Crippen molar-refractivity contribution in [3.8, 4) is 11.5 Å². The lowest BCUT2D eigenvalue weighted by atomic mass is 10.1. The summed E-state index contributed by atoms with van der Waals surface area (Å²) >= 11 is 0. The van der Waals surface area contributed by atoms with Crippen LogP contribution < -0.4 is 14.8 Å². The van der Waals surface area contributed by atoms with Crippen LogP contribution in [0.3, 0.4) is 0 Å². The summed E-state index contributed by atoms with van der Waals surface area (Å²) in [6, 6.07) is 9.17. The third-order valence-corrected chi connectivity index (χ3v) is 3.45. The minimum Gasteiger partial charge on any atom is -0.497 e. The third-order valence-electron chi connectivity index (χ3n) is 3.45. The molecule has 0 saturated heterocycles. The van der Waals surface area contributed by atoms with Crippen LogP contribution in [-0.2, 0) is 5.54 Å². The SMILES string of the molecule is COc1ccc(OCCNC(=O)c2ccn(C(C)(C)C)c2)cc1. The lowest BCUT2D eigenvalue weighted by molar-refractivity contribution is 0.0947. The van der Waals surface area contributed by atoms with E-state index in [4.69, 9.17) is 9.47 Å². The van der Waals surface area contributed by atoms with Crippen LogP contribution in [0.25, 0.3) is 0 Å². The van der Waals surface area contributed by atoms with Crippen molar-refractivity contribution < 1.29 is 14.3 Å². The maximum absolute atomic E-state index is 12.1. The van der Waals surface area contributed by atoms with E-state index in [9.17, 15) is 4.79 Å². The van der Waals surface area contributed by atoms with Crippen LogP contribution in [0, 0.1) is 0 Å². The molecule has 1 N–H and O–H groups in total. The van der Waals surface area contributed by atoms with Crippen molar-refractivity contribution in [1.29, 1.82) is 0 Å². The van der Waals surface area contributed by atoms with Gasteiger partial charge in [0.1, 0.15) is 18.1 Å². The van der Waals surface area contributed by atoms with Crippen LogP contribution >= 0.6 is 0 Å². The van der Waals surface area contributed by atoms with E-state index in [0.717, 1.165) is 11.5 Å². The van der Waals surface area contributed by atoms with Crippen molar-refractivity contribution >= 4 is 5.91 Å². The summed E-state index contributed by atoms with van der Waals surface area (Å²) in [5.74, 6) is 1.44. The highest BCUT2D eigenvalue weighted by Crippen LogP contribution is 2.17. The molecule has 0 aliphatic carbocycles. The molecular weight excluding hydrogens is 292 g/mol. The number of ether oxygens (including phenoxy) is 2. The van der Waals surface area contributed by atoms with E-state index in [0.29, 0.717) is 18.7 Å². The molecule has 0 spiro atoms. The molecule has 0 bridgehead atoms. The topological polar surface area (TPSA) is 52.5 Å². The van der Waals surface area contributed by atoms with Crippen molar-refractivity contribution in [1.82, 2.24) is 9.88 Å². The van der Waals surface area contributed by atoms with E-state index in [1.807, 2.05) is 47.3 Å². The highest BCUT2D eigenvalue weighted by molar-refractivity contribution is 5.94. The molecule has 0 aliphatic heterocycles. The Bertz CT molecular complexity index is 639. The number of carbonyl (C=O) groups excluding carboxylic acids is 1. The van der Waals surface area contributed by atoms with Crippen LogP contribution in [-0.4, -0.2) is 30.7 Å². The average molecular weight is 316 g/mol. The lowest BCUT2D eigenvalue weighted by Gasteiger charge is -2.20. The normalized spacial score (nSPS) is 11.1. The van der Waals surface area contributed by atoms with Crippen molar-refractivity contribution in [3.05, 3.63) is 48.3 Å². The predicted molar refractivity (Wildman–Crippen MR) is 90.3 cm³/mol. The Morgan fingerprint density at radius 2 is 1.78 bits per heavy atom. The molecule has 23 heavy (non-hydrogen) atoms. The minimum atomic E-state index is -0.0914. The van der Waals surface area contributed by atoms with Crippen LogP contribution in [0.4, 0.5) is 0 Å². The van der Waals surface area contributed by atoms with Gasteiger partial charge in [-0.3, -0.25) is 4.79 Å². The van der Waals surface area contributed by atoms with Gasteiger partial charge in [0.25, 0.3) is 5.91 Å². The van der Waals surface area contributed by atoms with E-state index in [-0.39, 0.29) is 11.4 Å². The zero-order chi connectivity index (χ0) is 16.9. The number of hydrogen-bond donors (Lipinski definition) is 1. The van der Waals surface area contributed by atoms with E-state index >= 15 is 0 Å². The number of nitrogens with one attached hydrogen (secondary N) is 1. The zero-order valence-corrected chi connectivity index (χ0v) is 14.1. The van der Waals surface area contributed by atoms with Gasteiger partial charge >= 0.3 is 0 Å². The molecule has 5 heteroatoms. The van der Waals surface area contributed by atoms with E-state index in [1.165, 1.54) is 0 Å². The van der Waals surface area contributed by atoms with Gasteiger partial charge in [-0.05, 0) is 51.1 Å². The van der Waals surface area contributed by atoms with Gasteiger partial charge in [0, 0.05) is 17.9 Å². The first-order valence-electron chi connectivity index (χ1n) is 7.63. The number of benzene rings is 1. The summed E-state index contributed by atoms with van der Waals surface area (Å²) in [6.45, 7) is 7.15. The van der Waals surface area contributed by atoms with Crippen LogP contribution in [0.15, 0.2) is 42.7 Å². The third kappa shape index (κ3) is 4.77. The Kier molecular flexibility index (Phi) is 5.32. The van der Waals surface area contributed by atoms with Gasteiger partial charge in [-0.2, -0.15) is 0 Å². The van der Waals surface area contributed by atoms with Gasteiger partial charge in [-0.1, -0.05) is 0 Å². The van der Waals surface area contributed by atoms with E-state index in [1.54, 1.807) is 7.11 Å². The molecule has 1 amide bonds. The first-order chi connectivity index (χ1) is 10.9. The monoisotopic (exact) mass is 316 g/mol. The molecular formula is C18H24N2O3. The molecule has 2 rings (SSSR count). The van der Waals surface area contributed by atoms with Gasteiger partial charge in [-0.15, -0.1) is 0 Å². The molecule has 0 aliphatic rings. The number of methoxy groups -OCH3 is 1. The van der Waals surface area contributed by atoms with Crippen molar-refractivity contribution in [2.75, 3.05) is 20.3 Å². The van der Waals surface area contributed by atoms with Crippen LogP contribution in [0.2, 0.25) is 0 Å². The lowest BCUT2D eigenvalue weighted by Crippen LogP contribution is -2.28. The van der Waals surface area contributed by atoms with Crippen LogP contribution in [0.5, 0.6) is 11.5 Å². The molecule has 1 aromatic carbocycles. The molecule has 2 aromatic rings. The van der Waals surface area contributed by atoms with Crippen molar-refractivity contribution in [3.63, 3.8) is 0 Å². The summed E-state index contributed by atoms with van der Waals surface area (Å²) in [5, 5.41) is 2.85. The summed E-state index contributed by atoms with van der Waals surface area (Å²) in [7, 11) is 1.62. The highest BCUT2D eigenvalue weighted by atomic mass is 16.5. The number of hydrogen-bond acceptors (Lipinski definition) is 3. The molecule has 124 valence electrons. The molecule has 1 aromatic heterocycles. The summed E-state index contributed by atoms with van der Waals surface area (Å²) in [6.07, 6.45) is 3.78. The second-order valence-corrected chi connectivity index (χ2v) is 6.26. The maximum atomic E-state index is 12.1. The van der Waals surface area contributed by atoms with Gasteiger partial charge < -0.3 is 19.4 Å². The molecule has 0 atom stereocenters. The molecule has 0 fully saturated rings. The Morgan fingerprint density at radius 1 is 1.13 bits per heavy atom. The number of amides is 1. The standard InChI is InChI=1S/C18H24N2O3/c1-18(2,3)20-11-9-14(13-20)17(21)19-10-12-23-16-7-5-15(22-4)6-8-16/h5-9,11,13H,10,12H2,1-4H3,(H,19,21). The fourth-order valence-electron chi connectivity index (χ4n) is 2.06. The summed E-state index contributed by atoms with van der Waals surface area (Å²) < 4.78 is 12.7. The molecule has 0 unspecified atom stereocenters. The van der Waals surface area contributed by atoms with Gasteiger partial charge in [0.15, 0.2) is 0 Å². The Hall–Kier alpha value is -2.43. The quantitative estimate of drug-likeness (QED) is 0.833. The Labute approximate surface area is 137 Å². The summed E-state index contributed by atoms with van der Waals surface area (Å²) in [4.78, 5) is 12.1. The Balaban J connectivity index is 1.77. The smallest absolute Gasteiger partial charge is 0.252 e. The van der Waals surface area contributed by atoms with Crippen molar-refractivity contribution in [2.45, 2.75) is 26.3 Å². The molecule has 0 saturated carbocycles. The molecule has 1 heterocycles. The average Bonchev–Trinajstić information content (AvgIpc) is 3.02. The first kappa shape index (κ1) is 16.9. The van der Waals surface area contributed by atoms with Gasteiger partial charge in [0.2, 0.25) is 0 Å². The largest absolute Gasteiger partial charge is 0.497 e. The predicted octanol–water partition coefficient (Wildman–Crippen LogP) is 3.06. The fraction of sp³-hybridized carbons (Fsp3) is 0.389. The molecule has 0 radical (unpaired) electrons. The van der Waals surface area contributed by atoms with E-state index < -0.39 is 0 Å². The second kappa shape index (κ2) is 7.22. The van der Waals surface area contributed by atoms with Crippen LogP contribution in [0.1, 0.15) is 31.1 Å². The summed E-state index contributed by atoms with van der Waals surface area (Å²) in [5.41, 5.74) is 0.625. The fourth-order valence-corrected chi connectivity index (χ4v) is 2.06. The number of rotatable bonds is 6. The number of aromatic nitrogens is 1. The minimum absolute atomic E-state index is 0.0317.